The van der Waals surface area contributed by atoms with E-state index in [0.717, 1.165) is 32.2 Å². The van der Waals surface area contributed by atoms with E-state index in [9.17, 15) is 9.90 Å². The number of amides is 1. The van der Waals surface area contributed by atoms with Gasteiger partial charge in [0.15, 0.2) is 0 Å². The molecule has 3 N–H and O–H groups in total. The van der Waals surface area contributed by atoms with Gasteiger partial charge in [0.05, 0.1) is 11.6 Å². The molecule has 15 heavy (non-hydrogen) atoms. The molecule has 2 aliphatic rings. The summed E-state index contributed by atoms with van der Waals surface area (Å²) < 4.78 is 0. The average molecular weight is 212 g/mol. The molecule has 0 aromatic carbocycles. The van der Waals surface area contributed by atoms with Crippen LogP contribution in [0, 0.1) is 5.92 Å². The Balaban J connectivity index is 1.76. The summed E-state index contributed by atoms with van der Waals surface area (Å²) in [4.78, 5) is 11.8. The summed E-state index contributed by atoms with van der Waals surface area (Å²) in [5.74, 6) is 0.446. The van der Waals surface area contributed by atoms with Crippen LogP contribution in [-0.4, -0.2) is 35.7 Å². The van der Waals surface area contributed by atoms with Gasteiger partial charge in [-0.25, -0.2) is 0 Å². The van der Waals surface area contributed by atoms with Crippen LogP contribution in [0.1, 0.15) is 32.6 Å². The van der Waals surface area contributed by atoms with Crippen molar-refractivity contribution in [3.63, 3.8) is 0 Å². The van der Waals surface area contributed by atoms with Crippen molar-refractivity contribution in [1.82, 2.24) is 10.6 Å². The summed E-state index contributed by atoms with van der Waals surface area (Å²) in [5, 5.41) is 15.9. The Kier molecular flexibility index (Phi) is 2.98. The molecule has 1 saturated carbocycles. The Morgan fingerprint density at radius 2 is 2.33 bits per heavy atom. The van der Waals surface area contributed by atoms with Crippen molar-refractivity contribution in [3.8, 4) is 0 Å². The Labute approximate surface area is 90.4 Å². The normalized spacial score (nSPS) is 33.5. The van der Waals surface area contributed by atoms with E-state index in [1.807, 2.05) is 0 Å². The van der Waals surface area contributed by atoms with Gasteiger partial charge in [-0.2, -0.15) is 0 Å². The van der Waals surface area contributed by atoms with Crippen LogP contribution >= 0.6 is 0 Å². The molecule has 4 nitrogen and oxygen atoms in total. The lowest BCUT2D eigenvalue weighted by molar-refractivity contribution is -0.126. The molecular weight excluding hydrogens is 192 g/mol. The second-order valence-corrected chi connectivity index (χ2v) is 4.99. The molecule has 0 bridgehead atoms. The molecular formula is C11H20N2O2. The van der Waals surface area contributed by atoms with Crippen molar-refractivity contribution in [3.05, 3.63) is 0 Å². The molecule has 0 spiro atoms. The molecule has 1 heterocycles. The SMILES string of the molecule is CC1CCNC1C(=O)NCC1(O)CCC1. The van der Waals surface area contributed by atoms with E-state index in [1.165, 1.54) is 0 Å². The average Bonchev–Trinajstić information content (AvgIpc) is 2.58. The van der Waals surface area contributed by atoms with Crippen LogP contribution in [0.5, 0.6) is 0 Å². The van der Waals surface area contributed by atoms with Gasteiger partial charge in [0.1, 0.15) is 0 Å². The van der Waals surface area contributed by atoms with Gasteiger partial charge in [0, 0.05) is 6.54 Å². The van der Waals surface area contributed by atoms with E-state index in [2.05, 4.69) is 17.6 Å². The Morgan fingerprint density at radius 1 is 1.60 bits per heavy atom. The van der Waals surface area contributed by atoms with E-state index in [0.29, 0.717) is 12.5 Å². The lowest BCUT2D eigenvalue weighted by atomic mass is 9.80. The van der Waals surface area contributed by atoms with Gasteiger partial charge < -0.3 is 15.7 Å². The molecule has 0 aromatic rings. The van der Waals surface area contributed by atoms with Gasteiger partial charge >= 0.3 is 0 Å². The molecule has 0 aromatic heterocycles. The van der Waals surface area contributed by atoms with Crippen LogP contribution in [0.4, 0.5) is 0 Å². The molecule has 1 aliphatic carbocycles. The van der Waals surface area contributed by atoms with E-state index in [1.54, 1.807) is 0 Å². The van der Waals surface area contributed by atoms with Crippen LogP contribution in [0.2, 0.25) is 0 Å². The van der Waals surface area contributed by atoms with Crippen molar-refractivity contribution < 1.29 is 9.90 Å². The summed E-state index contributed by atoms with van der Waals surface area (Å²) in [6.45, 7) is 3.42. The fraction of sp³-hybridized carbons (Fsp3) is 0.909. The minimum atomic E-state index is -0.614. The lowest BCUT2D eigenvalue weighted by Crippen LogP contribution is -2.52. The first-order valence-corrected chi connectivity index (χ1v) is 5.84. The highest BCUT2D eigenvalue weighted by atomic mass is 16.3. The quantitative estimate of drug-likeness (QED) is 0.618. The van der Waals surface area contributed by atoms with E-state index in [4.69, 9.17) is 0 Å². The highest BCUT2D eigenvalue weighted by molar-refractivity contribution is 5.82. The maximum Gasteiger partial charge on any atom is 0.237 e. The molecule has 1 aliphatic heterocycles. The summed E-state index contributed by atoms with van der Waals surface area (Å²) in [7, 11) is 0. The topological polar surface area (TPSA) is 61.4 Å². The third kappa shape index (κ3) is 2.32. The molecule has 1 saturated heterocycles. The molecule has 0 radical (unpaired) electrons. The fourth-order valence-electron chi connectivity index (χ4n) is 2.31. The highest BCUT2D eigenvalue weighted by Gasteiger charge is 2.36. The predicted octanol–water partition coefficient (Wildman–Crippen LogP) is 0.0156. The van der Waals surface area contributed by atoms with Gasteiger partial charge in [-0.1, -0.05) is 6.92 Å². The van der Waals surface area contributed by atoms with Crippen molar-refractivity contribution >= 4 is 5.91 Å². The Bertz CT molecular complexity index is 251. The second kappa shape index (κ2) is 4.10. The maximum absolute atomic E-state index is 11.8. The monoisotopic (exact) mass is 212 g/mol. The number of hydrogen-bond donors (Lipinski definition) is 3. The Morgan fingerprint density at radius 3 is 2.80 bits per heavy atom. The number of carbonyl (C=O) groups is 1. The second-order valence-electron chi connectivity index (χ2n) is 4.99. The molecule has 4 heteroatoms. The highest BCUT2D eigenvalue weighted by Crippen LogP contribution is 2.30. The van der Waals surface area contributed by atoms with Gasteiger partial charge in [-0.3, -0.25) is 4.79 Å². The molecule has 1 amide bonds. The number of carbonyl (C=O) groups excluding carboxylic acids is 1. The van der Waals surface area contributed by atoms with Crippen LogP contribution in [-0.2, 0) is 4.79 Å². The van der Waals surface area contributed by atoms with Gasteiger partial charge in [0.25, 0.3) is 0 Å². The van der Waals surface area contributed by atoms with Gasteiger partial charge in [-0.15, -0.1) is 0 Å². The zero-order valence-corrected chi connectivity index (χ0v) is 9.25. The van der Waals surface area contributed by atoms with Gasteiger partial charge in [0.2, 0.25) is 5.91 Å². The maximum atomic E-state index is 11.8. The van der Waals surface area contributed by atoms with Crippen LogP contribution in [0.15, 0.2) is 0 Å². The summed E-state index contributed by atoms with van der Waals surface area (Å²) >= 11 is 0. The summed E-state index contributed by atoms with van der Waals surface area (Å²) in [5.41, 5.74) is -0.614. The minimum absolute atomic E-state index is 0.0420. The first kappa shape index (κ1) is 10.9. The van der Waals surface area contributed by atoms with Gasteiger partial charge in [-0.05, 0) is 38.1 Å². The third-order valence-corrected chi connectivity index (χ3v) is 3.69. The van der Waals surface area contributed by atoms with Crippen molar-refractivity contribution in [2.45, 2.75) is 44.2 Å². The van der Waals surface area contributed by atoms with Crippen LogP contribution in [0.25, 0.3) is 0 Å². The summed E-state index contributed by atoms with van der Waals surface area (Å²) in [6, 6.07) is -0.0614. The standard InChI is InChI=1S/C11H20N2O2/c1-8-3-6-12-9(8)10(14)13-7-11(15)4-2-5-11/h8-9,12,15H,2-7H2,1H3,(H,13,14). The van der Waals surface area contributed by atoms with Crippen LogP contribution < -0.4 is 10.6 Å². The van der Waals surface area contributed by atoms with Crippen molar-refractivity contribution in [2.75, 3.05) is 13.1 Å². The minimum Gasteiger partial charge on any atom is -0.388 e. The largest absolute Gasteiger partial charge is 0.388 e. The number of aliphatic hydroxyl groups is 1. The molecule has 2 unspecified atom stereocenters. The van der Waals surface area contributed by atoms with E-state index in [-0.39, 0.29) is 11.9 Å². The third-order valence-electron chi connectivity index (χ3n) is 3.69. The lowest BCUT2D eigenvalue weighted by Gasteiger charge is -2.36. The number of hydrogen-bond acceptors (Lipinski definition) is 3. The first-order valence-electron chi connectivity index (χ1n) is 5.84. The molecule has 2 fully saturated rings. The van der Waals surface area contributed by atoms with E-state index < -0.39 is 5.60 Å². The first-order chi connectivity index (χ1) is 7.11. The predicted molar refractivity (Wildman–Crippen MR) is 57.4 cm³/mol. The smallest absolute Gasteiger partial charge is 0.237 e. The number of nitrogens with one attached hydrogen (secondary N) is 2. The molecule has 2 rings (SSSR count). The zero-order chi connectivity index (χ0) is 10.9. The number of rotatable bonds is 3. The Hall–Kier alpha value is -0.610. The van der Waals surface area contributed by atoms with E-state index >= 15 is 0 Å². The van der Waals surface area contributed by atoms with Crippen molar-refractivity contribution in [2.24, 2.45) is 5.92 Å². The van der Waals surface area contributed by atoms with Crippen molar-refractivity contribution in [1.29, 1.82) is 0 Å². The molecule has 86 valence electrons. The van der Waals surface area contributed by atoms with Crippen LogP contribution in [0.3, 0.4) is 0 Å². The summed E-state index contributed by atoms with van der Waals surface area (Å²) in [6.07, 6.45) is 3.77. The fourth-order valence-corrected chi connectivity index (χ4v) is 2.31. The zero-order valence-electron chi connectivity index (χ0n) is 9.25. The molecule has 2 atom stereocenters.